The van der Waals surface area contributed by atoms with Gasteiger partial charge in [-0.3, -0.25) is 58.1 Å². The summed E-state index contributed by atoms with van der Waals surface area (Å²) in [6.45, 7) is 26.8. The number of para-hydroxylation sites is 5. The molecule has 5 amide bonds. The number of halogens is 3. The fourth-order valence-corrected chi connectivity index (χ4v) is 16.7. The summed E-state index contributed by atoms with van der Waals surface area (Å²) in [5.74, 6) is -3.60. The van der Waals surface area contributed by atoms with Gasteiger partial charge in [0.15, 0.2) is 28.9 Å². The number of anilines is 5. The third-order valence-electron chi connectivity index (χ3n) is 24.9. The molecule has 32 heteroatoms. The minimum Gasteiger partial charge on any atom is -0.497 e. The van der Waals surface area contributed by atoms with Crippen LogP contribution in [-0.4, -0.2) is 282 Å². The SMILES string of the molecule is CN1CCN(CCCC(=O)c2ccccc2NC(=O)c2ccc([N+](=O)[O-])cc2)CC1.CN1CCN(CCCC(=O)c2ccccc2NC(=O)c2ccccc2F)CC1.COc1ccc(C(=O)Nc2ccccc2C(=O)CCCN2CCNCC2)cc1.Cc1ccccc1C(=O)Nc1ccccc1C(=O)CCCN1CCNCC1.O=C(Nc1ccccc1C(=O)CCCN1CCNCC1)c1cc(F)cc(F)c1. The second-order valence-electron chi connectivity index (χ2n) is 35.2. The molecule has 29 nitrogen and oxygen atoms in total. The maximum Gasteiger partial charge on any atom is 0.269 e. The van der Waals surface area contributed by atoms with Crippen LogP contribution in [0.25, 0.3) is 0 Å². The van der Waals surface area contributed by atoms with Gasteiger partial charge in [-0.2, -0.15) is 0 Å². The molecule has 8 N–H and O–H groups in total. The number of hydrogen-bond acceptors (Lipinski definition) is 23. The fourth-order valence-electron chi connectivity index (χ4n) is 16.7. The molecule has 0 aromatic heterocycles. The number of ether oxygens (including phenoxy) is 1. The normalized spacial score (nSPS) is 14.8. The number of Topliss-reactive ketones (excluding diaryl/α,β-unsaturated/α-hetero) is 5. The first-order chi connectivity index (χ1) is 68.3. The number of likely N-dealkylation sites (N-methyl/N-ethyl adjacent to an activating group) is 2. The van der Waals surface area contributed by atoms with Crippen LogP contribution in [0.4, 0.5) is 47.3 Å². The maximum atomic E-state index is 13.8. The number of benzene rings is 10. The van der Waals surface area contributed by atoms with E-state index >= 15 is 0 Å². The molecule has 0 atom stereocenters. The first-order valence-electron chi connectivity index (χ1n) is 48.3. The average molecular weight is 1930 g/mol. The third kappa shape index (κ3) is 35.3. The smallest absolute Gasteiger partial charge is 0.269 e. The number of rotatable bonds is 37. The van der Waals surface area contributed by atoms with Gasteiger partial charge >= 0.3 is 0 Å². The minimum absolute atomic E-state index is 0.0104. The number of aryl methyl sites for hydroxylation is 1. The second-order valence-corrected chi connectivity index (χ2v) is 35.2. The van der Waals surface area contributed by atoms with E-state index in [4.69, 9.17) is 4.74 Å². The molecule has 5 heterocycles. The zero-order valence-electron chi connectivity index (χ0n) is 80.8. The Morgan fingerprint density at radius 1 is 0.319 bits per heavy atom. The van der Waals surface area contributed by atoms with Crippen molar-refractivity contribution in [3.8, 4) is 5.75 Å². The number of nitro groups is 1. The van der Waals surface area contributed by atoms with Crippen LogP contribution in [0, 0.1) is 34.5 Å². The molecule has 0 unspecified atom stereocenters. The van der Waals surface area contributed by atoms with E-state index in [9.17, 15) is 71.2 Å². The van der Waals surface area contributed by atoms with Gasteiger partial charge in [0, 0.05) is 231 Å². The van der Waals surface area contributed by atoms with Crippen LogP contribution in [0.2, 0.25) is 0 Å². The number of carbonyl (C=O) groups excluding carboxylic acids is 10. The van der Waals surface area contributed by atoms with Gasteiger partial charge in [0.05, 0.1) is 46.0 Å². The van der Waals surface area contributed by atoms with Gasteiger partial charge < -0.3 is 81.6 Å². The van der Waals surface area contributed by atoms with Crippen molar-refractivity contribution in [1.82, 2.24) is 50.2 Å². The van der Waals surface area contributed by atoms with Crippen molar-refractivity contribution in [3.05, 3.63) is 325 Å². The van der Waals surface area contributed by atoms with E-state index in [1.54, 1.807) is 141 Å². The minimum atomic E-state index is -0.831. The summed E-state index contributed by atoms with van der Waals surface area (Å²) in [6, 6.07) is 63.0. The van der Waals surface area contributed by atoms with E-state index < -0.39 is 40.1 Å². The van der Waals surface area contributed by atoms with Crippen molar-refractivity contribution >= 4 is 92.6 Å². The van der Waals surface area contributed by atoms with Crippen LogP contribution in [0.5, 0.6) is 5.75 Å². The van der Waals surface area contributed by atoms with Crippen LogP contribution in [0.1, 0.15) is 173 Å². The highest BCUT2D eigenvalue weighted by atomic mass is 19.1. The summed E-state index contributed by atoms with van der Waals surface area (Å²) >= 11 is 0. The number of nitro benzene ring substituents is 1. The lowest BCUT2D eigenvalue weighted by Gasteiger charge is -2.32. The fraction of sp³-hybridized carbons (Fsp3) is 0.358. The summed E-state index contributed by atoms with van der Waals surface area (Å²) < 4.78 is 45.6. The van der Waals surface area contributed by atoms with E-state index in [0.717, 1.165) is 213 Å². The Morgan fingerprint density at radius 3 is 0.887 bits per heavy atom. The van der Waals surface area contributed by atoms with Crippen molar-refractivity contribution in [2.45, 2.75) is 71.1 Å². The molecular formula is C109H129F3N16O13. The number of amides is 5. The number of non-ortho nitro benzene ring substituents is 1. The van der Waals surface area contributed by atoms with Crippen molar-refractivity contribution < 1.29 is 70.8 Å². The molecule has 0 aliphatic carbocycles. The summed E-state index contributed by atoms with van der Waals surface area (Å²) in [6.07, 6.45) is 6.08. The number of hydrogen-bond donors (Lipinski definition) is 8. The van der Waals surface area contributed by atoms with Gasteiger partial charge in [-0.05, 0) is 219 Å². The molecule has 0 saturated carbocycles. The van der Waals surface area contributed by atoms with Gasteiger partial charge in [0.1, 0.15) is 23.2 Å². The highest BCUT2D eigenvalue weighted by molar-refractivity contribution is 6.14. The Hall–Kier alpha value is -13.5. The van der Waals surface area contributed by atoms with Crippen LogP contribution >= 0.6 is 0 Å². The Morgan fingerprint density at radius 2 is 0.582 bits per heavy atom. The number of nitrogens with zero attached hydrogens (tertiary/aromatic N) is 8. The highest BCUT2D eigenvalue weighted by Crippen LogP contribution is 2.28. The molecular weight excluding hydrogens is 1800 g/mol. The maximum absolute atomic E-state index is 13.8. The van der Waals surface area contributed by atoms with Crippen molar-refractivity contribution in [1.29, 1.82) is 0 Å². The van der Waals surface area contributed by atoms with E-state index in [-0.39, 0.29) is 63.1 Å². The quantitative estimate of drug-likeness (QED) is 0.0102. The summed E-state index contributed by atoms with van der Waals surface area (Å²) in [5, 5.41) is 34.5. The second kappa shape index (κ2) is 57.3. The summed E-state index contributed by atoms with van der Waals surface area (Å²) in [7, 11) is 5.81. The molecule has 15 rings (SSSR count). The molecule has 5 saturated heterocycles. The lowest BCUT2D eigenvalue weighted by Crippen LogP contribution is -2.44. The summed E-state index contributed by atoms with van der Waals surface area (Å²) in [4.78, 5) is 153. The molecule has 0 bridgehead atoms. The van der Waals surface area contributed by atoms with Gasteiger partial charge in [-0.1, -0.05) is 91.0 Å². The lowest BCUT2D eigenvalue weighted by molar-refractivity contribution is -0.384. The molecule has 5 aliphatic heterocycles. The van der Waals surface area contributed by atoms with Crippen molar-refractivity contribution in [2.75, 3.05) is 211 Å². The first-order valence-corrected chi connectivity index (χ1v) is 48.3. The largest absolute Gasteiger partial charge is 0.497 e. The first kappa shape index (κ1) is 108. The van der Waals surface area contributed by atoms with Gasteiger partial charge in [-0.15, -0.1) is 0 Å². The van der Waals surface area contributed by atoms with Crippen molar-refractivity contribution in [2.24, 2.45) is 0 Å². The molecule has 744 valence electrons. The standard InChI is InChI=1S/C22H26FN3O2.C22H26N4O4.C22H27N3O3.C22H27N3O2.C21H23F2N3O2/c1-25-13-15-26(16-14-25)12-6-11-21(27)18-8-3-5-10-20(18)24-22(28)17-7-2-4-9-19(17)23;1-24-13-15-25(16-14-24)12-4-7-21(27)19-5-2-3-6-20(19)23-22(28)17-8-10-18(11-9-17)26(29)30;1-28-18-10-8-17(9-11-18)22(27)24-20-6-3-2-5-19(20)21(26)7-4-14-25-15-12-23-13-16-25;1-17-7-2-3-8-18(17)22(27)24-20-10-5-4-9-19(20)21(26)11-6-14-25-15-12-23-13-16-25;22-16-12-15(13-17(23)14-16)21(28)25-19-5-2-1-4-18(19)20(27)6-3-9-26-10-7-24-8-11-26/h2-5,7-10H,6,11-16H2,1H3,(H,24,28);2-3,5-6,8-11H,4,7,12-16H2,1H3,(H,23,28);2-3,5-6,8-11,23H,4,7,12-16H2,1H3,(H,24,27);2-5,7-10,23H,6,11-16H2,1H3,(H,24,27);1-2,4-5,12-14,24H,3,6-11H2,(H,25,28). The number of methoxy groups -OCH3 is 1. The number of ketones is 5. The molecule has 5 fully saturated rings. The molecule has 0 spiro atoms. The van der Waals surface area contributed by atoms with E-state index in [1.165, 1.54) is 42.5 Å². The van der Waals surface area contributed by atoms with Gasteiger partial charge in [0.2, 0.25) is 0 Å². The molecule has 10 aromatic carbocycles. The Labute approximate surface area is 822 Å². The van der Waals surface area contributed by atoms with Crippen LogP contribution < -0.4 is 47.3 Å². The molecule has 10 aromatic rings. The third-order valence-corrected chi connectivity index (χ3v) is 24.9. The number of nitrogens with one attached hydrogen (secondary N) is 8. The predicted molar refractivity (Wildman–Crippen MR) is 546 cm³/mol. The van der Waals surface area contributed by atoms with Gasteiger partial charge in [0.25, 0.3) is 35.2 Å². The van der Waals surface area contributed by atoms with Crippen LogP contribution in [0.3, 0.4) is 0 Å². The molecule has 0 radical (unpaired) electrons. The zero-order chi connectivity index (χ0) is 100. The highest BCUT2D eigenvalue weighted by Gasteiger charge is 2.26. The van der Waals surface area contributed by atoms with E-state index in [2.05, 4.69) is 90.9 Å². The zero-order valence-corrected chi connectivity index (χ0v) is 80.8. The van der Waals surface area contributed by atoms with E-state index in [1.807, 2.05) is 49.4 Å². The average Bonchev–Trinajstić information content (AvgIpc) is 0.849. The monoisotopic (exact) mass is 1930 g/mol. The topological polar surface area (TPSA) is 342 Å². The van der Waals surface area contributed by atoms with Crippen molar-refractivity contribution in [3.63, 3.8) is 0 Å². The van der Waals surface area contributed by atoms with Crippen LogP contribution in [0.15, 0.2) is 237 Å². The number of carbonyl (C=O) groups is 10. The van der Waals surface area contributed by atoms with Gasteiger partial charge in [-0.25, -0.2) is 13.2 Å². The summed E-state index contributed by atoms with van der Waals surface area (Å²) in [5.41, 5.74) is 6.89. The van der Waals surface area contributed by atoms with E-state index in [0.29, 0.717) is 111 Å². The molecule has 141 heavy (non-hydrogen) atoms. The Balaban J connectivity index is 0.000000169. The Kier molecular flexibility index (Phi) is 43.8. The predicted octanol–water partition coefficient (Wildman–Crippen LogP) is 15.4. The van der Waals surface area contributed by atoms with Crippen LogP contribution in [-0.2, 0) is 0 Å². The lowest BCUT2D eigenvalue weighted by atomic mass is 10.0. The Bertz CT molecular complexity index is 5800. The molecule has 5 aliphatic rings. The number of piperazine rings is 5.